The van der Waals surface area contributed by atoms with Crippen molar-refractivity contribution in [3.63, 3.8) is 0 Å². The summed E-state index contributed by atoms with van der Waals surface area (Å²) >= 11 is 0. The molecule has 0 radical (unpaired) electrons. The van der Waals surface area contributed by atoms with E-state index in [2.05, 4.69) is 16.8 Å². The molecule has 0 spiro atoms. The van der Waals surface area contributed by atoms with Crippen LogP contribution in [0.4, 0.5) is 5.69 Å². The number of nitrogens with zero attached hydrogens (tertiary/aromatic N) is 2. The molecule has 100 valence electrons. The van der Waals surface area contributed by atoms with Crippen molar-refractivity contribution in [3.8, 4) is 0 Å². The summed E-state index contributed by atoms with van der Waals surface area (Å²) in [6, 6.07) is 1.93. The van der Waals surface area contributed by atoms with Crippen LogP contribution in [0.25, 0.3) is 0 Å². The first-order chi connectivity index (χ1) is 8.51. The molecule has 0 bridgehead atoms. The highest BCUT2D eigenvalue weighted by Gasteiger charge is 2.16. The zero-order chi connectivity index (χ0) is 13.7. The smallest absolute Gasteiger partial charge is 0.126 e. The van der Waals surface area contributed by atoms with Crippen molar-refractivity contribution in [1.29, 1.82) is 5.41 Å². The summed E-state index contributed by atoms with van der Waals surface area (Å²) in [4.78, 5) is 6.40. The van der Waals surface area contributed by atoms with Gasteiger partial charge in [-0.2, -0.15) is 0 Å². The van der Waals surface area contributed by atoms with Gasteiger partial charge in [0.1, 0.15) is 5.84 Å². The third kappa shape index (κ3) is 3.20. The number of pyridine rings is 1. The van der Waals surface area contributed by atoms with Crippen LogP contribution < -0.4 is 10.6 Å². The van der Waals surface area contributed by atoms with Gasteiger partial charge in [-0.05, 0) is 26.3 Å². The van der Waals surface area contributed by atoms with Gasteiger partial charge >= 0.3 is 0 Å². The normalized spacial score (nSPS) is 10.4. The summed E-state index contributed by atoms with van der Waals surface area (Å²) in [6.07, 6.45) is 0.970. The number of hydrogen-bond acceptors (Lipinski definition) is 4. The lowest BCUT2D eigenvalue weighted by Crippen LogP contribution is -2.31. The Morgan fingerprint density at radius 1 is 1.44 bits per heavy atom. The molecule has 18 heavy (non-hydrogen) atoms. The zero-order valence-electron chi connectivity index (χ0n) is 11.3. The molecule has 0 amide bonds. The number of amidine groups is 1. The van der Waals surface area contributed by atoms with Crippen LogP contribution in [0.3, 0.4) is 0 Å². The maximum atomic E-state index is 9.15. The van der Waals surface area contributed by atoms with Gasteiger partial charge in [0.15, 0.2) is 0 Å². The first kappa shape index (κ1) is 14.4. The number of nitrogens with one attached hydrogen (secondary N) is 1. The molecule has 0 unspecified atom stereocenters. The van der Waals surface area contributed by atoms with E-state index in [1.807, 2.05) is 19.9 Å². The van der Waals surface area contributed by atoms with Crippen molar-refractivity contribution in [2.45, 2.75) is 27.2 Å². The Balaban J connectivity index is 3.29. The highest BCUT2D eigenvalue weighted by atomic mass is 16.3. The van der Waals surface area contributed by atoms with E-state index >= 15 is 0 Å². The third-order valence-electron chi connectivity index (χ3n) is 2.78. The average molecular weight is 250 g/mol. The molecule has 1 heterocycles. The van der Waals surface area contributed by atoms with Crippen LogP contribution in [-0.4, -0.2) is 35.6 Å². The number of anilines is 1. The number of aliphatic hydroxyl groups is 1. The average Bonchev–Trinajstić information content (AvgIpc) is 2.26. The third-order valence-corrected chi connectivity index (χ3v) is 2.78. The van der Waals surface area contributed by atoms with Crippen LogP contribution >= 0.6 is 0 Å². The van der Waals surface area contributed by atoms with Crippen LogP contribution in [0.5, 0.6) is 0 Å². The van der Waals surface area contributed by atoms with Gasteiger partial charge in [-0.15, -0.1) is 0 Å². The molecule has 0 fully saturated rings. The Bertz CT molecular complexity index is 425. The van der Waals surface area contributed by atoms with Gasteiger partial charge < -0.3 is 15.7 Å². The lowest BCUT2D eigenvalue weighted by molar-refractivity contribution is 0.302. The fourth-order valence-corrected chi connectivity index (χ4v) is 2.13. The van der Waals surface area contributed by atoms with E-state index in [-0.39, 0.29) is 12.4 Å². The second-order valence-corrected chi connectivity index (χ2v) is 4.37. The summed E-state index contributed by atoms with van der Waals surface area (Å²) in [5.74, 6) is 0.0223. The predicted molar refractivity (Wildman–Crippen MR) is 74.3 cm³/mol. The van der Waals surface area contributed by atoms with Crippen LogP contribution in [0.1, 0.15) is 30.3 Å². The number of nitrogens with two attached hydrogens (primary N) is 1. The monoisotopic (exact) mass is 250 g/mol. The molecule has 0 aromatic carbocycles. The van der Waals surface area contributed by atoms with Crippen LogP contribution in [0, 0.1) is 19.3 Å². The van der Waals surface area contributed by atoms with Crippen molar-refractivity contribution < 1.29 is 5.11 Å². The first-order valence-corrected chi connectivity index (χ1v) is 6.19. The van der Waals surface area contributed by atoms with E-state index in [1.165, 1.54) is 0 Å². The minimum absolute atomic E-state index is 0.0223. The number of aryl methyl sites for hydroxylation is 2. The standard InChI is InChI=1S/C13H22N4O/c1-4-5-17(6-7-18)11-8-9(2)16-10(3)12(11)13(14)15/h8,18H,4-7H2,1-3H3,(H3,14,15). The number of hydrogen-bond donors (Lipinski definition) is 3. The highest BCUT2D eigenvalue weighted by Crippen LogP contribution is 2.23. The van der Waals surface area contributed by atoms with Gasteiger partial charge in [0.2, 0.25) is 0 Å². The molecule has 0 aliphatic rings. The van der Waals surface area contributed by atoms with E-state index in [4.69, 9.17) is 16.2 Å². The Morgan fingerprint density at radius 2 is 2.11 bits per heavy atom. The maximum Gasteiger partial charge on any atom is 0.126 e. The summed E-state index contributed by atoms with van der Waals surface area (Å²) in [5, 5.41) is 16.8. The fourth-order valence-electron chi connectivity index (χ4n) is 2.13. The Morgan fingerprint density at radius 3 is 2.61 bits per heavy atom. The van der Waals surface area contributed by atoms with E-state index < -0.39 is 0 Å². The molecular weight excluding hydrogens is 228 g/mol. The zero-order valence-corrected chi connectivity index (χ0v) is 11.3. The fraction of sp³-hybridized carbons (Fsp3) is 0.538. The molecule has 0 saturated heterocycles. The van der Waals surface area contributed by atoms with Crippen molar-refractivity contribution in [3.05, 3.63) is 23.0 Å². The van der Waals surface area contributed by atoms with Gasteiger partial charge in [-0.3, -0.25) is 10.4 Å². The molecule has 1 aromatic heterocycles. The van der Waals surface area contributed by atoms with Gasteiger partial charge in [-0.25, -0.2) is 0 Å². The second-order valence-electron chi connectivity index (χ2n) is 4.37. The summed E-state index contributed by atoms with van der Waals surface area (Å²) in [7, 11) is 0. The van der Waals surface area contributed by atoms with Crippen LogP contribution in [0.15, 0.2) is 6.07 Å². The molecule has 0 atom stereocenters. The second kappa shape index (κ2) is 6.35. The molecule has 1 rings (SSSR count). The predicted octanol–water partition coefficient (Wildman–Crippen LogP) is 1.19. The molecule has 5 nitrogen and oxygen atoms in total. The molecule has 4 N–H and O–H groups in total. The highest BCUT2D eigenvalue weighted by molar-refractivity contribution is 6.01. The van der Waals surface area contributed by atoms with E-state index in [1.54, 1.807) is 0 Å². The van der Waals surface area contributed by atoms with E-state index in [0.29, 0.717) is 12.1 Å². The van der Waals surface area contributed by atoms with Crippen molar-refractivity contribution in [2.75, 3.05) is 24.6 Å². The molecule has 0 aliphatic carbocycles. The van der Waals surface area contributed by atoms with Gasteiger partial charge in [0.25, 0.3) is 0 Å². The van der Waals surface area contributed by atoms with Crippen molar-refractivity contribution >= 4 is 11.5 Å². The molecule has 5 heteroatoms. The van der Waals surface area contributed by atoms with Crippen LogP contribution in [-0.2, 0) is 0 Å². The minimum Gasteiger partial charge on any atom is -0.395 e. The summed E-state index contributed by atoms with van der Waals surface area (Å²) < 4.78 is 0. The topological polar surface area (TPSA) is 86.2 Å². The molecule has 0 aliphatic heterocycles. The number of aromatic nitrogens is 1. The Labute approximate surface area is 108 Å². The van der Waals surface area contributed by atoms with E-state index in [9.17, 15) is 0 Å². The lowest BCUT2D eigenvalue weighted by atomic mass is 10.1. The largest absolute Gasteiger partial charge is 0.395 e. The Kier molecular flexibility index (Phi) is 5.09. The maximum absolute atomic E-state index is 9.15. The quantitative estimate of drug-likeness (QED) is 0.523. The van der Waals surface area contributed by atoms with Crippen LogP contribution in [0.2, 0.25) is 0 Å². The first-order valence-electron chi connectivity index (χ1n) is 6.19. The SMILES string of the molecule is CCCN(CCO)c1cc(C)nc(C)c1C(=N)N. The Hall–Kier alpha value is -1.62. The molecule has 0 saturated carbocycles. The molecule has 1 aromatic rings. The summed E-state index contributed by atoms with van der Waals surface area (Å²) in [5.41, 5.74) is 8.87. The van der Waals surface area contributed by atoms with Crippen molar-refractivity contribution in [2.24, 2.45) is 5.73 Å². The number of rotatable bonds is 6. The van der Waals surface area contributed by atoms with Gasteiger partial charge in [0.05, 0.1) is 23.6 Å². The number of aliphatic hydroxyl groups excluding tert-OH is 1. The summed E-state index contributed by atoms with van der Waals surface area (Å²) in [6.45, 7) is 7.30. The molecular formula is C13H22N4O. The van der Waals surface area contributed by atoms with Gasteiger partial charge in [0, 0.05) is 18.8 Å². The van der Waals surface area contributed by atoms with Gasteiger partial charge in [-0.1, -0.05) is 6.92 Å². The van der Waals surface area contributed by atoms with E-state index in [0.717, 1.165) is 30.0 Å². The number of nitrogen functional groups attached to an aromatic ring is 1. The lowest BCUT2D eigenvalue weighted by Gasteiger charge is -2.26. The minimum atomic E-state index is 0.0223. The van der Waals surface area contributed by atoms with Crippen molar-refractivity contribution in [1.82, 2.24) is 4.98 Å².